The Balaban J connectivity index is 2.22. The van der Waals surface area contributed by atoms with Gasteiger partial charge in [0.15, 0.2) is 0 Å². The van der Waals surface area contributed by atoms with Gasteiger partial charge in [-0.1, -0.05) is 32.0 Å². The molecule has 2 aromatic rings. The van der Waals surface area contributed by atoms with Crippen molar-refractivity contribution in [3.05, 3.63) is 29.8 Å². The molecule has 2 N–H and O–H groups in total. The summed E-state index contributed by atoms with van der Waals surface area (Å²) in [5.41, 5.74) is 6.70. The van der Waals surface area contributed by atoms with E-state index in [2.05, 4.69) is 21.9 Å². The average Bonchev–Trinajstić information content (AvgIpc) is 2.45. The fourth-order valence-electron chi connectivity index (χ4n) is 1.65. The molecule has 0 aliphatic carbocycles. The van der Waals surface area contributed by atoms with Gasteiger partial charge in [-0.15, -0.1) is 4.98 Å². The van der Waals surface area contributed by atoms with Crippen molar-refractivity contribution in [3.8, 4) is 17.8 Å². The van der Waals surface area contributed by atoms with Crippen molar-refractivity contribution in [1.82, 2.24) is 15.0 Å². The Morgan fingerprint density at radius 2 is 1.80 bits per heavy atom. The third kappa shape index (κ3) is 3.57. The molecule has 0 atom stereocenters. The van der Waals surface area contributed by atoms with Crippen LogP contribution in [0.4, 0.5) is 5.95 Å². The molecule has 0 fully saturated rings. The van der Waals surface area contributed by atoms with E-state index in [0.717, 1.165) is 18.4 Å². The Morgan fingerprint density at radius 1 is 1.05 bits per heavy atom. The summed E-state index contributed by atoms with van der Waals surface area (Å²) >= 11 is 0. The highest BCUT2D eigenvalue weighted by atomic mass is 16.5. The molecular weight excluding hydrogens is 256 g/mol. The molecule has 6 heteroatoms. The van der Waals surface area contributed by atoms with E-state index in [1.54, 1.807) is 0 Å². The first-order valence-electron chi connectivity index (χ1n) is 6.63. The van der Waals surface area contributed by atoms with Crippen molar-refractivity contribution in [2.45, 2.75) is 26.7 Å². The summed E-state index contributed by atoms with van der Waals surface area (Å²) in [5.74, 6) is 0.789. The summed E-state index contributed by atoms with van der Waals surface area (Å²) in [6, 6.07) is 8.05. The SMILES string of the molecule is CCCOc1nc(N)nc(Oc2ccccc2CC)n1. The van der Waals surface area contributed by atoms with Gasteiger partial charge in [-0.25, -0.2) is 0 Å². The van der Waals surface area contributed by atoms with Gasteiger partial charge in [0.25, 0.3) is 0 Å². The number of nitrogen functional groups attached to an aromatic ring is 1. The van der Waals surface area contributed by atoms with E-state index >= 15 is 0 Å². The van der Waals surface area contributed by atoms with Crippen LogP contribution in [0.3, 0.4) is 0 Å². The fraction of sp³-hybridized carbons (Fsp3) is 0.357. The number of benzene rings is 1. The first kappa shape index (κ1) is 14.0. The van der Waals surface area contributed by atoms with Crippen LogP contribution in [0.1, 0.15) is 25.8 Å². The summed E-state index contributed by atoms with van der Waals surface area (Å²) in [6.45, 7) is 4.58. The van der Waals surface area contributed by atoms with Crippen LogP contribution in [0.25, 0.3) is 0 Å². The average molecular weight is 274 g/mol. The Hall–Kier alpha value is -2.37. The molecule has 1 aromatic heterocycles. The first-order valence-corrected chi connectivity index (χ1v) is 6.63. The van der Waals surface area contributed by atoms with Crippen molar-refractivity contribution in [3.63, 3.8) is 0 Å². The Labute approximate surface area is 118 Å². The molecule has 0 radical (unpaired) electrons. The molecule has 0 amide bonds. The van der Waals surface area contributed by atoms with Gasteiger partial charge in [0.1, 0.15) is 5.75 Å². The van der Waals surface area contributed by atoms with E-state index in [4.69, 9.17) is 15.2 Å². The highest BCUT2D eigenvalue weighted by Crippen LogP contribution is 2.24. The zero-order valence-corrected chi connectivity index (χ0v) is 11.7. The van der Waals surface area contributed by atoms with E-state index in [0.29, 0.717) is 12.4 Å². The fourth-order valence-corrected chi connectivity index (χ4v) is 1.65. The van der Waals surface area contributed by atoms with Gasteiger partial charge in [0.2, 0.25) is 5.95 Å². The number of aryl methyl sites for hydroxylation is 1. The Kier molecular flexibility index (Phi) is 4.70. The minimum Gasteiger partial charge on any atom is -0.463 e. The number of anilines is 1. The predicted octanol–water partition coefficient (Wildman–Crippen LogP) is 2.60. The second kappa shape index (κ2) is 6.70. The quantitative estimate of drug-likeness (QED) is 0.871. The van der Waals surface area contributed by atoms with Crippen molar-refractivity contribution in [1.29, 1.82) is 0 Å². The zero-order valence-electron chi connectivity index (χ0n) is 11.7. The van der Waals surface area contributed by atoms with Crippen LogP contribution in [-0.4, -0.2) is 21.6 Å². The smallest absolute Gasteiger partial charge is 0.330 e. The highest BCUT2D eigenvalue weighted by molar-refractivity contribution is 5.35. The van der Waals surface area contributed by atoms with Gasteiger partial charge in [-0.05, 0) is 24.5 Å². The molecule has 0 aliphatic rings. The van der Waals surface area contributed by atoms with Gasteiger partial charge < -0.3 is 15.2 Å². The lowest BCUT2D eigenvalue weighted by atomic mass is 10.1. The van der Waals surface area contributed by atoms with Crippen molar-refractivity contribution < 1.29 is 9.47 Å². The topological polar surface area (TPSA) is 83.2 Å². The van der Waals surface area contributed by atoms with Crippen LogP contribution in [0.2, 0.25) is 0 Å². The summed E-state index contributed by atoms with van der Waals surface area (Å²) in [7, 11) is 0. The number of nitrogens with zero attached hydrogens (tertiary/aromatic N) is 3. The number of hydrogen-bond donors (Lipinski definition) is 1. The summed E-state index contributed by atoms with van der Waals surface area (Å²) in [4.78, 5) is 12.0. The van der Waals surface area contributed by atoms with Crippen molar-refractivity contribution in [2.75, 3.05) is 12.3 Å². The normalized spacial score (nSPS) is 10.3. The molecule has 6 nitrogen and oxygen atoms in total. The molecular formula is C14H18N4O2. The summed E-state index contributed by atoms with van der Waals surface area (Å²) in [5, 5.41) is 0. The zero-order chi connectivity index (χ0) is 14.4. The van der Waals surface area contributed by atoms with Crippen LogP contribution in [0, 0.1) is 0 Å². The van der Waals surface area contributed by atoms with E-state index in [9.17, 15) is 0 Å². The van der Waals surface area contributed by atoms with E-state index in [-0.39, 0.29) is 18.0 Å². The monoisotopic (exact) mass is 274 g/mol. The third-order valence-corrected chi connectivity index (χ3v) is 2.60. The Morgan fingerprint density at radius 3 is 2.55 bits per heavy atom. The lowest BCUT2D eigenvalue weighted by Gasteiger charge is -2.09. The molecule has 20 heavy (non-hydrogen) atoms. The number of hydrogen-bond acceptors (Lipinski definition) is 6. The van der Waals surface area contributed by atoms with Gasteiger partial charge in [-0.2, -0.15) is 9.97 Å². The molecule has 1 heterocycles. The molecule has 0 saturated carbocycles. The van der Waals surface area contributed by atoms with E-state index in [1.165, 1.54) is 0 Å². The summed E-state index contributed by atoms with van der Waals surface area (Å²) in [6.07, 6.45) is 1.72. The molecule has 0 saturated heterocycles. The predicted molar refractivity (Wildman–Crippen MR) is 75.9 cm³/mol. The van der Waals surface area contributed by atoms with Gasteiger partial charge in [-0.3, -0.25) is 0 Å². The largest absolute Gasteiger partial charge is 0.463 e. The maximum atomic E-state index is 5.68. The van der Waals surface area contributed by atoms with Gasteiger partial charge in [0.05, 0.1) is 6.61 Å². The molecule has 0 spiro atoms. The second-order valence-electron chi connectivity index (χ2n) is 4.17. The standard InChI is InChI=1S/C14H18N4O2/c1-3-9-19-13-16-12(15)17-14(18-13)20-11-8-6-5-7-10(11)4-2/h5-8H,3-4,9H2,1-2H3,(H2,15,16,17,18). The second-order valence-corrected chi connectivity index (χ2v) is 4.17. The van der Waals surface area contributed by atoms with Crippen LogP contribution < -0.4 is 15.2 Å². The van der Waals surface area contributed by atoms with Crippen molar-refractivity contribution in [2.24, 2.45) is 0 Å². The third-order valence-electron chi connectivity index (χ3n) is 2.60. The number of para-hydroxylation sites is 1. The van der Waals surface area contributed by atoms with E-state index < -0.39 is 0 Å². The van der Waals surface area contributed by atoms with Crippen LogP contribution in [0.15, 0.2) is 24.3 Å². The molecule has 2 rings (SSSR count). The van der Waals surface area contributed by atoms with Crippen LogP contribution in [-0.2, 0) is 6.42 Å². The first-order chi connectivity index (χ1) is 9.72. The number of ether oxygens (including phenoxy) is 2. The maximum Gasteiger partial charge on any atom is 0.330 e. The molecule has 1 aromatic carbocycles. The van der Waals surface area contributed by atoms with Gasteiger partial charge in [0, 0.05) is 0 Å². The van der Waals surface area contributed by atoms with E-state index in [1.807, 2.05) is 31.2 Å². The number of rotatable bonds is 6. The number of nitrogens with two attached hydrogens (primary N) is 1. The highest BCUT2D eigenvalue weighted by Gasteiger charge is 2.09. The maximum absolute atomic E-state index is 5.68. The minimum absolute atomic E-state index is 0.0788. The lowest BCUT2D eigenvalue weighted by Crippen LogP contribution is -2.06. The lowest BCUT2D eigenvalue weighted by molar-refractivity contribution is 0.285. The Bertz CT molecular complexity index is 575. The van der Waals surface area contributed by atoms with Crippen LogP contribution >= 0.6 is 0 Å². The molecule has 0 unspecified atom stereocenters. The molecule has 0 bridgehead atoms. The molecule has 106 valence electrons. The van der Waals surface area contributed by atoms with Crippen LogP contribution in [0.5, 0.6) is 17.8 Å². The summed E-state index contributed by atoms with van der Waals surface area (Å²) < 4.78 is 11.0. The minimum atomic E-state index is 0.0788. The van der Waals surface area contributed by atoms with Crippen molar-refractivity contribution >= 4 is 5.95 Å². The molecule has 0 aliphatic heterocycles. The van der Waals surface area contributed by atoms with Gasteiger partial charge >= 0.3 is 12.0 Å². The number of aromatic nitrogens is 3.